The van der Waals surface area contributed by atoms with Crippen LogP contribution in [0.25, 0.3) is 0 Å². The van der Waals surface area contributed by atoms with Crippen molar-refractivity contribution in [3.63, 3.8) is 0 Å². The summed E-state index contributed by atoms with van der Waals surface area (Å²) in [7, 11) is 3.49. The van der Waals surface area contributed by atoms with Gasteiger partial charge in [0.05, 0.1) is 0 Å². The molecular weight excluding hydrogens is 358 g/mol. The summed E-state index contributed by atoms with van der Waals surface area (Å²) in [4.78, 5) is 30.5. The van der Waals surface area contributed by atoms with E-state index in [-0.39, 0.29) is 18.6 Å². The maximum absolute atomic E-state index is 12.8. The lowest BCUT2D eigenvalue weighted by Crippen LogP contribution is -2.48. The fraction of sp³-hybridized carbons (Fsp3) is 0.333. The Bertz CT molecular complexity index is 887. The van der Waals surface area contributed by atoms with Crippen molar-refractivity contribution in [3.05, 3.63) is 53.6 Å². The van der Waals surface area contributed by atoms with Gasteiger partial charge in [0.25, 0.3) is 11.8 Å². The second kappa shape index (κ2) is 7.42. The van der Waals surface area contributed by atoms with Gasteiger partial charge in [-0.15, -0.1) is 0 Å². The maximum atomic E-state index is 12.8. The van der Waals surface area contributed by atoms with Crippen LogP contribution < -0.4 is 14.4 Å². The summed E-state index contributed by atoms with van der Waals surface area (Å²) in [5.74, 6) is 1.30. The molecule has 7 nitrogen and oxygen atoms in total. The summed E-state index contributed by atoms with van der Waals surface area (Å²) in [5, 5.41) is 0. The third kappa shape index (κ3) is 3.47. The number of nitrogens with zero attached hydrogens (tertiary/aromatic N) is 3. The zero-order valence-corrected chi connectivity index (χ0v) is 16.1. The highest BCUT2D eigenvalue weighted by Crippen LogP contribution is 2.33. The summed E-state index contributed by atoms with van der Waals surface area (Å²) in [6.45, 7) is 2.98. The molecule has 2 aromatic rings. The molecule has 2 amide bonds. The van der Waals surface area contributed by atoms with Gasteiger partial charge in [-0.05, 0) is 42.5 Å². The Morgan fingerprint density at radius 3 is 2.18 bits per heavy atom. The van der Waals surface area contributed by atoms with E-state index in [0.717, 1.165) is 18.8 Å². The molecule has 4 rings (SSSR count). The molecule has 0 N–H and O–H groups in total. The first-order chi connectivity index (χ1) is 13.5. The molecule has 0 aromatic heterocycles. The SMILES string of the molecule is CN(C)C(=O)c1ccc(N2CCN(C(=O)c3ccc4c(c3)OCO4)CC2)cc1. The number of amides is 2. The molecule has 2 heterocycles. The molecule has 0 atom stereocenters. The number of carbonyl (C=O) groups excluding carboxylic acids is 2. The lowest BCUT2D eigenvalue weighted by atomic mass is 10.1. The van der Waals surface area contributed by atoms with Gasteiger partial charge in [0.1, 0.15) is 0 Å². The topological polar surface area (TPSA) is 62.3 Å². The van der Waals surface area contributed by atoms with Crippen molar-refractivity contribution in [2.75, 3.05) is 52.0 Å². The van der Waals surface area contributed by atoms with Gasteiger partial charge in [-0.25, -0.2) is 0 Å². The van der Waals surface area contributed by atoms with Crippen molar-refractivity contribution >= 4 is 17.5 Å². The fourth-order valence-electron chi connectivity index (χ4n) is 3.45. The summed E-state index contributed by atoms with van der Waals surface area (Å²) < 4.78 is 10.7. The van der Waals surface area contributed by atoms with Crippen LogP contribution in [0.4, 0.5) is 5.69 Å². The van der Waals surface area contributed by atoms with Crippen molar-refractivity contribution in [2.45, 2.75) is 0 Å². The monoisotopic (exact) mass is 381 g/mol. The largest absolute Gasteiger partial charge is 0.454 e. The van der Waals surface area contributed by atoms with E-state index in [1.54, 1.807) is 37.2 Å². The molecule has 2 aromatic carbocycles. The number of rotatable bonds is 3. The summed E-state index contributed by atoms with van der Waals surface area (Å²) in [6, 6.07) is 12.9. The molecule has 0 aliphatic carbocycles. The Morgan fingerprint density at radius 2 is 1.50 bits per heavy atom. The number of anilines is 1. The van der Waals surface area contributed by atoms with Gasteiger partial charge >= 0.3 is 0 Å². The average molecular weight is 381 g/mol. The normalized spacial score (nSPS) is 15.5. The Balaban J connectivity index is 1.38. The van der Waals surface area contributed by atoms with Crippen LogP contribution >= 0.6 is 0 Å². The third-order valence-electron chi connectivity index (χ3n) is 5.07. The molecule has 28 heavy (non-hydrogen) atoms. The molecule has 1 fully saturated rings. The Morgan fingerprint density at radius 1 is 0.857 bits per heavy atom. The predicted molar refractivity (Wildman–Crippen MR) is 105 cm³/mol. The Kier molecular flexibility index (Phi) is 4.81. The van der Waals surface area contributed by atoms with Crippen LogP contribution in [0.15, 0.2) is 42.5 Å². The standard InChI is InChI=1S/C21H23N3O4/c1-22(2)20(25)15-3-6-17(7-4-15)23-9-11-24(12-10-23)21(26)16-5-8-18-19(13-16)28-14-27-18/h3-8,13H,9-12,14H2,1-2H3. The Hall–Kier alpha value is -3.22. The van der Waals surface area contributed by atoms with E-state index in [1.807, 2.05) is 29.2 Å². The van der Waals surface area contributed by atoms with E-state index in [0.29, 0.717) is 35.7 Å². The summed E-state index contributed by atoms with van der Waals surface area (Å²) >= 11 is 0. The van der Waals surface area contributed by atoms with Crippen LogP contribution in [0.3, 0.4) is 0 Å². The molecule has 0 unspecified atom stereocenters. The third-order valence-corrected chi connectivity index (χ3v) is 5.07. The van der Waals surface area contributed by atoms with Gasteiger partial charge in [-0.2, -0.15) is 0 Å². The van der Waals surface area contributed by atoms with Crippen LogP contribution in [0.2, 0.25) is 0 Å². The van der Waals surface area contributed by atoms with Crippen LogP contribution in [0.1, 0.15) is 20.7 Å². The minimum absolute atomic E-state index is 0.00452. The second-order valence-corrected chi connectivity index (χ2v) is 7.09. The first-order valence-corrected chi connectivity index (χ1v) is 9.28. The molecule has 0 spiro atoms. The van der Waals surface area contributed by atoms with E-state index in [2.05, 4.69) is 4.90 Å². The van der Waals surface area contributed by atoms with Crippen molar-refractivity contribution in [1.29, 1.82) is 0 Å². The lowest BCUT2D eigenvalue weighted by molar-refractivity contribution is 0.0745. The maximum Gasteiger partial charge on any atom is 0.254 e. The highest BCUT2D eigenvalue weighted by molar-refractivity contribution is 5.95. The number of hydrogen-bond donors (Lipinski definition) is 0. The molecular formula is C21H23N3O4. The summed E-state index contributed by atoms with van der Waals surface area (Å²) in [5.41, 5.74) is 2.35. The van der Waals surface area contributed by atoms with Gasteiger partial charge < -0.3 is 24.2 Å². The van der Waals surface area contributed by atoms with E-state index in [9.17, 15) is 9.59 Å². The van der Waals surface area contributed by atoms with Crippen molar-refractivity contribution in [1.82, 2.24) is 9.80 Å². The highest BCUT2D eigenvalue weighted by Gasteiger charge is 2.24. The number of carbonyl (C=O) groups is 2. The fourth-order valence-corrected chi connectivity index (χ4v) is 3.45. The Labute approximate surface area is 164 Å². The number of piperazine rings is 1. The van der Waals surface area contributed by atoms with Gasteiger partial charge in [0.2, 0.25) is 6.79 Å². The van der Waals surface area contributed by atoms with Gasteiger partial charge in [-0.3, -0.25) is 9.59 Å². The van der Waals surface area contributed by atoms with E-state index < -0.39 is 0 Å². The van der Waals surface area contributed by atoms with Crippen LogP contribution in [0.5, 0.6) is 11.5 Å². The molecule has 2 aliphatic rings. The molecule has 1 saturated heterocycles. The van der Waals surface area contributed by atoms with E-state index in [4.69, 9.17) is 9.47 Å². The van der Waals surface area contributed by atoms with Gasteiger partial charge in [0.15, 0.2) is 11.5 Å². The van der Waals surface area contributed by atoms with Gasteiger partial charge in [0, 0.05) is 57.1 Å². The minimum atomic E-state index is -0.00862. The first-order valence-electron chi connectivity index (χ1n) is 9.28. The molecule has 0 radical (unpaired) electrons. The quantitative estimate of drug-likeness (QED) is 0.815. The highest BCUT2D eigenvalue weighted by atomic mass is 16.7. The molecule has 0 bridgehead atoms. The lowest BCUT2D eigenvalue weighted by Gasteiger charge is -2.36. The van der Waals surface area contributed by atoms with Crippen molar-refractivity contribution < 1.29 is 19.1 Å². The van der Waals surface area contributed by atoms with E-state index in [1.165, 1.54) is 0 Å². The zero-order valence-electron chi connectivity index (χ0n) is 16.1. The second-order valence-electron chi connectivity index (χ2n) is 7.09. The smallest absolute Gasteiger partial charge is 0.254 e. The molecule has 2 aliphatic heterocycles. The van der Waals surface area contributed by atoms with Crippen LogP contribution in [0, 0.1) is 0 Å². The zero-order chi connectivity index (χ0) is 19.7. The summed E-state index contributed by atoms with van der Waals surface area (Å²) in [6.07, 6.45) is 0. The first kappa shape index (κ1) is 18.2. The number of hydrogen-bond acceptors (Lipinski definition) is 5. The minimum Gasteiger partial charge on any atom is -0.454 e. The number of fused-ring (bicyclic) bond motifs is 1. The number of ether oxygens (including phenoxy) is 2. The van der Waals surface area contributed by atoms with Crippen LogP contribution in [-0.2, 0) is 0 Å². The van der Waals surface area contributed by atoms with E-state index >= 15 is 0 Å². The number of benzene rings is 2. The molecule has 146 valence electrons. The van der Waals surface area contributed by atoms with Crippen LogP contribution in [-0.4, -0.2) is 68.7 Å². The molecule has 7 heteroatoms. The molecule has 0 saturated carbocycles. The van der Waals surface area contributed by atoms with Crippen molar-refractivity contribution in [2.24, 2.45) is 0 Å². The predicted octanol–water partition coefficient (Wildman–Crippen LogP) is 2.08. The van der Waals surface area contributed by atoms with Crippen molar-refractivity contribution in [3.8, 4) is 11.5 Å². The average Bonchev–Trinajstić information content (AvgIpc) is 3.21. The van der Waals surface area contributed by atoms with Gasteiger partial charge in [-0.1, -0.05) is 0 Å².